The second-order valence-corrected chi connectivity index (χ2v) is 6.10. The Morgan fingerprint density at radius 3 is 2.79 bits per heavy atom. The first-order valence-electron chi connectivity index (χ1n) is 8.35. The summed E-state index contributed by atoms with van der Waals surface area (Å²) in [6.07, 6.45) is -1.05. The number of nitrogens with zero attached hydrogens (tertiary/aromatic N) is 6. The van der Waals surface area contributed by atoms with E-state index < -0.39 is 17.7 Å². The highest BCUT2D eigenvalue weighted by Gasteiger charge is 2.30. The Labute approximate surface area is 161 Å². The first kappa shape index (κ1) is 18.6. The maximum atomic E-state index is 12.9. The van der Waals surface area contributed by atoms with Gasteiger partial charge in [0, 0.05) is 18.0 Å². The van der Waals surface area contributed by atoms with E-state index in [4.69, 9.17) is 4.74 Å². The Hall–Kier alpha value is -3.76. The Morgan fingerprint density at radius 2 is 2.03 bits per heavy atom. The molecule has 3 heterocycles. The number of rotatable bonds is 4. The van der Waals surface area contributed by atoms with Crippen molar-refractivity contribution in [3.63, 3.8) is 0 Å². The van der Waals surface area contributed by atoms with Crippen LogP contribution in [0.1, 0.15) is 21.6 Å². The Morgan fingerprint density at radius 1 is 1.21 bits per heavy atom. The molecular formula is C18H13F3N6O2. The molecule has 0 spiro atoms. The van der Waals surface area contributed by atoms with E-state index in [9.17, 15) is 18.0 Å². The van der Waals surface area contributed by atoms with Gasteiger partial charge in [0.25, 0.3) is 0 Å². The van der Waals surface area contributed by atoms with Crippen LogP contribution in [0.5, 0.6) is 0 Å². The summed E-state index contributed by atoms with van der Waals surface area (Å²) in [5.74, 6) is -0.450. The summed E-state index contributed by atoms with van der Waals surface area (Å²) in [5.41, 5.74) is 0.662. The van der Waals surface area contributed by atoms with Gasteiger partial charge in [-0.05, 0) is 29.5 Å². The second kappa shape index (κ2) is 7.00. The molecule has 148 valence electrons. The fourth-order valence-electron chi connectivity index (χ4n) is 2.81. The van der Waals surface area contributed by atoms with E-state index in [1.165, 1.54) is 24.0 Å². The first-order valence-corrected chi connectivity index (χ1v) is 8.35. The SMILES string of the molecule is COC(=O)c1cccn2cc(Cn3nnc(-c4cccc(C(F)(F)F)c4)n3)nc12. The molecule has 0 amide bonds. The number of tetrazole rings is 1. The predicted molar refractivity (Wildman–Crippen MR) is 93.9 cm³/mol. The van der Waals surface area contributed by atoms with Gasteiger partial charge in [-0.15, -0.1) is 10.2 Å². The van der Waals surface area contributed by atoms with Gasteiger partial charge >= 0.3 is 12.1 Å². The van der Waals surface area contributed by atoms with Crippen LogP contribution in [0.25, 0.3) is 17.0 Å². The van der Waals surface area contributed by atoms with Gasteiger partial charge in [-0.2, -0.15) is 18.0 Å². The number of hydrogen-bond acceptors (Lipinski definition) is 6. The van der Waals surface area contributed by atoms with Gasteiger partial charge < -0.3 is 9.14 Å². The molecule has 0 atom stereocenters. The number of esters is 1. The highest BCUT2D eigenvalue weighted by Crippen LogP contribution is 2.31. The van der Waals surface area contributed by atoms with Crippen molar-refractivity contribution < 1.29 is 22.7 Å². The van der Waals surface area contributed by atoms with E-state index >= 15 is 0 Å². The maximum absolute atomic E-state index is 12.9. The topological polar surface area (TPSA) is 87.2 Å². The standard InChI is InChI=1S/C18H13F3N6O2/c1-29-17(28)14-6-3-7-26-9-13(22-16(14)26)10-27-24-15(23-25-27)11-4-2-5-12(8-11)18(19,20)21/h2-9H,10H2,1H3. The zero-order chi connectivity index (χ0) is 20.6. The summed E-state index contributed by atoms with van der Waals surface area (Å²) >= 11 is 0. The van der Waals surface area contributed by atoms with Crippen LogP contribution in [0.3, 0.4) is 0 Å². The summed E-state index contributed by atoms with van der Waals surface area (Å²) in [4.78, 5) is 17.5. The molecular weight excluding hydrogens is 389 g/mol. The number of alkyl halides is 3. The largest absolute Gasteiger partial charge is 0.465 e. The highest BCUT2D eigenvalue weighted by molar-refractivity contribution is 5.95. The van der Waals surface area contributed by atoms with Crippen LogP contribution in [0.15, 0.2) is 48.8 Å². The number of hydrogen-bond donors (Lipinski definition) is 0. The zero-order valence-electron chi connectivity index (χ0n) is 15.0. The van der Waals surface area contributed by atoms with Crippen LogP contribution in [0, 0.1) is 0 Å². The summed E-state index contributed by atoms with van der Waals surface area (Å²) < 4.78 is 45.1. The third kappa shape index (κ3) is 3.66. The van der Waals surface area contributed by atoms with Gasteiger partial charge in [0.05, 0.1) is 18.4 Å². The van der Waals surface area contributed by atoms with E-state index in [2.05, 4.69) is 20.4 Å². The molecule has 0 aliphatic heterocycles. The third-order valence-corrected chi connectivity index (χ3v) is 4.14. The Kier molecular flexibility index (Phi) is 4.49. The lowest BCUT2D eigenvalue weighted by atomic mass is 10.1. The van der Waals surface area contributed by atoms with Gasteiger partial charge in [-0.3, -0.25) is 0 Å². The number of benzene rings is 1. The molecule has 0 saturated heterocycles. The number of carbonyl (C=O) groups is 1. The average Bonchev–Trinajstić information content (AvgIpc) is 3.33. The van der Waals surface area contributed by atoms with Crippen molar-refractivity contribution in [2.45, 2.75) is 12.7 Å². The molecule has 0 radical (unpaired) electrons. The van der Waals surface area contributed by atoms with Gasteiger partial charge in [0.2, 0.25) is 5.82 Å². The van der Waals surface area contributed by atoms with Crippen molar-refractivity contribution in [1.29, 1.82) is 0 Å². The van der Waals surface area contributed by atoms with E-state index in [0.29, 0.717) is 16.9 Å². The summed E-state index contributed by atoms with van der Waals surface area (Å²) in [5, 5.41) is 11.8. The molecule has 0 fully saturated rings. The molecule has 0 aliphatic carbocycles. The van der Waals surface area contributed by atoms with Crippen molar-refractivity contribution in [1.82, 2.24) is 29.6 Å². The number of methoxy groups -OCH3 is 1. The molecule has 4 rings (SSSR count). The van der Waals surface area contributed by atoms with Gasteiger partial charge in [0.1, 0.15) is 12.1 Å². The predicted octanol–water partition coefficient (Wildman–Crippen LogP) is 2.84. The van der Waals surface area contributed by atoms with Crippen molar-refractivity contribution >= 4 is 11.6 Å². The lowest BCUT2D eigenvalue weighted by Gasteiger charge is -2.06. The van der Waals surface area contributed by atoms with Gasteiger partial charge in [-0.1, -0.05) is 12.1 Å². The third-order valence-electron chi connectivity index (χ3n) is 4.14. The molecule has 3 aromatic heterocycles. The lowest BCUT2D eigenvalue weighted by molar-refractivity contribution is -0.137. The van der Waals surface area contributed by atoms with E-state index in [1.54, 1.807) is 28.9 Å². The fourth-order valence-corrected chi connectivity index (χ4v) is 2.81. The Balaban J connectivity index is 1.61. The molecule has 1 aromatic carbocycles. The lowest BCUT2D eigenvalue weighted by Crippen LogP contribution is -2.05. The Bertz CT molecular complexity index is 1200. The van der Waals surface area contributed by atoms with Crippen molar-refractivity contribution in [3.05, 3.63) is 65.6 Å². The number of imidazole rings is 1. The van der Waals surface area contributed by atoms with Gasteiger partial charge in [0.15, 0.2) is 5.65 Å². The van der Waals surface area contributed by atoms with Crippen LogP contribution >= 0.6 is 0 Å². The molecule has 8 nitrogen and oxygen atoms in total. The minimum Gasteiger partial charge on any atom is -0.465 e. The summed E-state index contributed by atoms with van der Waals surface area (Å²) in [6, 6.07) is 7.99. The smallest absolute Gasteiger partial charge is 0.416 e. The van der Waals surface area contributed by atoms with Crippen molar-refractivity contribution in [2.24, 2.45) is 0 Å². The van der Waals surface area contributed by atoms with Crippen molar-refractivity contribution in [2.75, 3.05) is 7.11 Å². The van der Waals surface area contributed by atoms with Crippen LogP contribution in [0.2, 0.25) is 0 Å². The summed E-state index contributed by atoms with van der Waals surface area (Å²) in [7, 11) is 1.28. The number of ether oxygens (including phenoxy) is 1. The van der Waals surface area contributed by atoms with Crippen LogP contribution < -0.4 is 0 Å². The number of fused-ring (bicyclic) bond motifs is 1. The van der Waals surface area contributed by atoms with E-state index in [1.807, 2.05) is 0 Å². The second-order valence-electron chi connectivity index (χ2n) is 6.10. The zero-order valence-corrected chi connectivity index (χ0v) is 15.0. The normalized spacial score (nSPS) is 11.7. The maximum Gasteiger partial charge on any atom is 0.416 e. The molecule has 4 aromatic rings. The number of aromatic nitrogens is 6. The van der Waals surface area contributed by atoms with Crippen molar-refractivity contribution in [3.8, 4) is 11.4 Å². The minimum atomic E-state index is -4.46. The summed E-state index contributed by atoms with van der Waals surface area (Å²) in [6.45, 7) is 0.119. The molecule has 0 aliphatic rings. The highest BCUT2D eigenvalue weighted by atomic mass is 19.4. The molecule has 29 heavy (non-hydrogen) atoms. The molecule has 0 saturated carbocycles. The molecule has 0 unspecified atom stereocenters. The number of halogens is 3. The fraction of sp³-hybridized carbons (Fsp3) is 0.167. The minimum absolute atomic E-state index is 0.0649. The molecule has 11 heteroatoms. The monoisotopic (exact) mass is 402 g/mol. The molecule has 0 bridgehead atoms. The average molecular weight is 402 g/mol. The molecule has 0 N–H and O–H groups in total. The van der Waals surface area contributed by atoms with E-state index in [0.717, 1.165) is 12.1 Å². The number of carbonyl (C=O) groups excluding carboxylic acids is 1. The van der Waals surface area contributed by atoms with Crippen LogP contribution in [0.4, 0.5) is 13.2 Å². The van der Waals surface area contributed by atoms with Crippen LogP contribution in [-0.4, -0.2) is 42.7 Å². The van der Waals surface area contributed by atoms with E-state index in [-0.39, 0.29) is 17.9 Å². The first-order chi connectivity index (χ1) is 13.8. The quantitative estimate of drug-likeness (QED) is 0.488. The van der Waals surface area contributed by atoms with Gasteiger partial charge in [-0.25, -0.2) is 9.78 Å². The van der Waals surface area contributed by atoms with Crippen LogP contribution in [-0.2, 0) is 17.5 Å². The number of pyridine rings is 1.